The van der Waals surface area contributed by atoms with Gasteiger partial charge in [-0.1, -0.05) is 0 Å². The van der Waals surface area contributed by atoms with Gasteiger partial charge in [-0.3, -0.25) is 9.59 Å². The fraction of sp³-hybridized carbons (Fsp3) is 0.500. The van der Waals surface area contributed by atoms with Crippen LogP contribution < -0.4 is 10.2 Å². The molecule has 26 heavy (non-hydrogen) atoms. The van der Waals surface area contributed by atoms with Crippen LogP contribution in [0, 0.1) is 0 Å². The molecule has 2 N–H and O–H groups in total. The number of fused-ring (bicyclic) bond motifs is 1. The van der Waals surface area contributed by atoms with Crippen molar-refractivity contribution >= 4 is 28.8 Å². The van der Waals surface area contributed by atoms with Crippen LogP contribution >= 0.6 is 0 Å². The van der Waals surface area contributed by atoms with Gasteiger partial charge in [0.1, 0.15) is 0 Å². The maximum absolute atomic E-state index is 12.3. The third-order valence-electron chi connectivity index (χ3n) is 4.69. The van der Waals surface area contributed by atoms with Crippen molar-refractivity contribution in [3.8, 4) is 0 Å². The van der Waals surface area contributed by atoms with E-state index in [1.54, 1.807) is 26.2 Å². The predicted molar refractivity (Wildman–Crippen MR) is 99.2 cm³/mol. The van der Waals surface area contributed by atoms with Gasteiger partial charge in [0.2, 0.25) is 11.9 Å². The fourth-order valence-electron chi connectivity index (χ4n) is 3.14. The summed E-state index contributed by atoms with van der Waals surface area (Å²) in [6.45, 7) is 1.64. The third kappa shape index (κ3) is 3.65. The van der Waals surface area contributed by atoms with Gasteiger partial charge in [0.15, 0.2) is 0 Å². The average molecular weight is 359 g/mol. The van der Waals surface area contributed by atoms with Gasteiger partial charge in [-0.05, 0) is 24.6 Å². The highest BCUT2D eigenvalue weighted by Gasteiger charge is 2.24. The number of aliphatic hydroxyl groups is 1. The number of benzene rings is 1. The first-order chi connectivity index (χ1) is 12.4. The van der Waals surface area contributed by atoms with Crippen molar-refractivity contribution in [2.75, 3.05) is 38.6 Å². The molecule has 1 aromatic heterocycles. The number of aliphatic hydroxyl groups excluding tert-OH is 1. The maximum Gasteiger partial charge on any atom is 0.251 e. The van der Waals surface area contributed by atoms with Gasteiger partial charge in [-0.25, -0.2) is 4.98 Å². The molecule has 1 fully saturated rings. The van der Waals surface area contributed by atoms with Crippen molar-refractivity contribution in [1.82, 2.24) is 19.8 Å². The molecule has 0 bridgehead atoms. The Morgan fingerprint density at radius 2 is 2.15 bits per heavy atom. The van der Waals surface area contributed by atoms with E-state index in [1.165, 1.54) is 4.90 Å². The van der Waals surface area contributed by atoms with Crippen LogP contribution in [0.1, 0.15) is 23.2 Å². The molecular formula is C18H25N5O3. The third-order valence-corrected chi connectivity index (χ3v) is 4.69. The molecule has 0 spiro atoms. The van der Waals surface area contributed by atoms with Gasteiger partial charge in [0, 0.05) is 52.8 Å². The van der Waals surface area contributed by atoms with Crippen molar-refractivity contribution < 1.29 is 14.7 Å². The summed E-state index contributed by atoms with van der Waals surface area (Å²) in [4.78, 5) is 32.1. The van der Waals surface area contributed by atoms with Crippen molar-refractivity contribution in [1.29, 1.82) is 0 Å². The highest BCUT2D eigenvalue weighted by Crippen LogP contribution is 2.25. The van der Waals surface area contributed by atoms with Crippen molar-refractivity contribution in [3.63, 3.8) is 0 Å². The van der Waals surface area contributed by atoms with E-state index in [0.29, 0.717) is 18.7 Å². The number of amides is 2. The number of nitrogens with zero attached hydrogens (tertiary/aromatic N) is 4. The number of anilines is 1. The number of carbonyl (C=O) groups excluding carboxylic acids is 2. The largest absolute Gasteiger partial charge is 0.391 e. The summed E-state index contributed by atoms with van der Waals surface area (Å²) in [5.74, 6) is 0.552. The highest BCUT2D eigenvalue weighted by molar-refractivity contribution is 5.98. The van der Waals surface area contributed by atoms with E-state index in [9.17, 15) is 14.7 Å². The summed E-state index contributed by atoms with van der Waals surface area (Å²) in [6, 6.07) is 5.39. The molecule has 3 rings (SSSR count). The molecule has 0 saturated carbocycles. The maximum atomic E-state index is 12.3. The van der Waals surface area contributed by atoms with Crippen molar-refractivity contribution in [3.05, 3.63) is 23.8 Å². The van der Waals surface area contributed by atoms with Gasteiger partial charge < -0.3 is 24.8 Å². The van der Waals surface area contributed by atoms with Gasteiger partial charge in [-0.2, -0.15) is 0 Å². The molecular weight excluding hydrogens is 334 g/mol. The lowest BCUT2D eigenvalue weighted by Crippen LogP contribution is -2.30. The lowest BCUT2D eigenvalue weighted by Gasteiger charge is -2.16. The second-order valence-electron chi connectivity index (χ2n) is 6.86. The highest BCUT2D eigenvalue weighted by atomic mass is 16.3. The zero-order chi connectivity index (χ0) is 18.8. The van der Waals surface area contributed by atoms with Crippen LogP contribution in [0.5, 0.6) is 0 Å². The average Bonchev–Trinajstić information content (AvgIpc) is 3.17. The second-order valence-corrected chi connectivity index (χ2v) is 6.86. The van der Waals surface area contributed by atoms with Crippen LogP contribution in [0.2, 0.25) is 0 Å². The Kier molecular flexibility index (Phi) is 5.13. The first kappa shape index (κ1) is 18.2. The van der Waals surface area contributed by atoms with Gasteiger partial charge in [-0.15, -0.1) is 0 Å². The summed E-state index contributed by atoms with van der Waals surface area (Å²) in [5, 5.41) is 12.5. The summed E-state index contributed by atoms with van der Waals surface area (Å²) in [6.07, 6.45) is 0.690. The molecule has 1 atom stereocenters. The molecule has 140 valence electrons. The van der Waals surface area contributed by atoms with Crippen LogP contribution in [0.4, 0.5) is 5.95 Å². The minimum atomic E-state index is -0.318. The monoisotopic (exact) mass is 359 g/mol. The first-order valence-corrected chi connectivity index (χ1v) is 8.74. The Balaban J connectivity index is 1.72. The van der Waals surface area contributed by atoms with Crippen LogP contribution in [0.25, 0.3) is 11.0 Å². The first-order valence-electron chi connectivity index (χ1n) is 8.74. The van der Waals surface area contributed by atoms with Crippen LogP contribution in [0.15, 0.2) is 18.2 Å². The van der Waals surface area contributed by atoms with Gasteiger partial charge >= 0.3 is 0 Å². The van der Waals surface area contributed by atoms with E-state index in [2.05, 4.69) is 15.2 Å². The normalized spacial score (nSPS) is 16.9. The fourth-order valence-corrected chi connectivity index (χ4v) is 3.14. The van der Waals surface area contributed by atoms with Crippen LogP contribution in [0.3, 0.4) is 0 Å². The zero-order valence-electron chi connectivity index (χ0n) is 15.4. The lowest BCUT2D eigenvalue weighted by molar-refractivity contribution is -0.128. The molecule has 2 amide bonds. The quantitative estimate of drug-likeness (QED) is 0.804. The minimum Gasteiger partial charge on any atom is -0.391 e. The number of rotatable bonds is 5. The topological polar surface area (TPSA) is 90.7 Å². The molecule has 2 heterocycles. The summed E-state index contributed by atoms with van der Waals surface area (Å²) in [5.41, 5.74) is 2.18. The Bertz CT molecular complexity index is 830. The number of carbonyl (C=O) groups is 2. The number of nitrogens with one attached hydrogen (secondary N) is 1. The standard InChI is InChI=1S/C18H25N5O3/c1-21(2)16(25)6-8-19-17(26)12-4-5-15-14(10-12)20-18(22(15)3)23-9-7-13(24)11-23/h4-5,10,13,24H,6-9,11H2,1-3H3,(H,19,26)/t13-/m0/s1. The number of β-amino-alcohol motifs (C(OH)–C–C–N with tert-alkyl or cyclic N) is 1. The van der Waals surface area contributed by atoms with E-state index < -0.39 is 0 Å². The van der Waals surface area contributed by atoms with Crippen molar-refractivity contribution in [2.24, 2.45) is 7.05 Å². The molecule has 1 aliphatic heterocycles. The Labute approximate surface area is 152 Å². The lowest BCUT2D eigenvalue weighted by atomic mass is 10.2. The molecule has 1 aromatic carbocycles. The molecule has 1 aliphatic rings. The van der Waals surface area contributed by atoms with E-state index in [1.807, 2.05) is 17.7 Å². The minimum absolute atomic E-state index is 0.0251. The number of aromatic nitrogens is 2. The Morgan fingerprint density at radius 3 is 2.81 bits per heavy atom. The van der Waals surface area contributed by atoms with Crippen molar-refractivity contribution in [2.45, 2.75) is 18.9 Å². The van der Waals surface area contributed by atoms with E-state index in [4.69, 9.17) is 0 Å². The molecule has 1 saturated heterocycles. The molecule has 0 unspecified atom stereocenters. The Morgan fingerprint density at radius 1 is 1.38 bits per heavy atom. The zero-order valence-corrected chi connectivity index (χ0v) is 15.4. The van der Waals surface area contributed by atoms with Gasteiger partial charge in [0.05, 0.1) is 17.1 Å². The van der Waals surface area contributed by atoms with Crippen LogP contribution in [-0.4, -0.2) is 71.2 Å². The SMILES string of the molecule is CN(C)C(=O)CCNC(=O)c1ccc2c(c1)nc(N1CC[C@H](O)C1)n2C. The molecule has 8 heteroatoms. The second kappa shape index (κ2) is 7.33. The number of aryl methyl sites for hydroxylation is 1. The number of hydrogen-bond donors (Lipinski definition) is 2. The van der Waals surface area contributed by atoms with Gasteiger partial charge in [0.25, 0.3) is 5.91 Å². The predicted octanol–water partition coefficient (Wildman–Crippen LogP) is 0.352. The van der Waals surface area contributed by atoms with E-state index >= 15 is 0 Å². The van der Waals surface area contributed by atoms with E-state index in [-0.39, 0.29) is 24.3 Å². The Hall–Kier alpha value is -2.61. The summed E-state index contributed by atoms with van der Waals surface area (Å²) >= 11 is 0. The summed E-state index contributed by atoms with van der Waals surface area (Å²) < 4.78 is 1.98. The number of hydrogen-bond acceptors (Lipinski definition) is 5. The molecule has 2 aromatic rings. The van der Waals surface area contributed by atoms with E-state index in [0.717, 1.165) is 29.9 Å². The number of imidazole rings is 1. The molecule has 0 radical (unpaired) electrons. The van der Waals surface area contributed by atoms with Crippen LogP contribution in [-0.2, 0) is 11.8 Å². The smallest absolute Gasteiger partial charge is 0.251 e. The molecule has 8 nitrogen and oxygen atoms in total. The summed E-state index contributed by atoms with van der Waals surface area (Å²) in [7, 11) is 5.31. The molecule has 0 aliphatic carbocycles.